The van der Waals surface area contributed by atoms with Crippen molar-refractivity contribution in [1.82, 2.24) is 4.98 Å². The fourth-order valence-corrected chi connectivity index (χ4v) is 3.50. The fraction of sp³-hybridized carbons (Fsp3) is 0.643. The third-order valence-corrected chi connectivity index (χ3v) is 4.18. The topological polar surface area (TPSA) is 16.1 Å². The molecule has 0 radical (unpaired) electrons. The Labute approximate surface area is 123 Å². The summed E-state index contributed by atoms with van der Waals surface area (Å²) in [6, 6.07) is 2.57. The molecular weight excluding hydrogens is 312 g/mol. The first-order valence-electron chi connectivity index (χ1n) is 6.65. The summed E-state index contributed by atoms with van der Waals surface area (Å²) in [5.74, 6) is 1.68. The molecular formula is C14H20BrClN2. The highest BCUT2D eigenvalue weighted by Crippen LogP contribution is 2.33. The van der Waals surface area contributed by atoms with Crippen LogP contribution in [-0.2, 0) is 0 Å². The fourth-order valence-electron chi connectivity index (χ4n) is 2.64. The van der Waals surface area contributed by atoms with Gasteiger partial charge in [0.15, 0.2) is 0 Å². The molecule has 0 atom stereocenters. The van der Waals surface area contributed by atoms with Crippen LogP contribution in [0.25, 0.3) is 0 Å². The number of aromatic nitrogens is 1. The Morgan fingerprint density at radius 2 is 2.11 bits per heavy atom. The summed E-state index contributed by atoms with van der Waals surface area (Å²) in [6.07, 6.45) is 6.98. The van der Waals surface area contributed by atoms with E-state index in [2.05, 4.69) is 39.7 Å². The van der Waals surface area contributed by atoms with Gasteiger partial charge in [-0.05, 0) is 40.8 Å². The molecule has 1 aromatic rings. The van der Waals surface area contributed by atoms with E-state index in [9.17, 15) is 0 Å². The summed E-state index contributed by atoms with van der Waals surface area (Å²) in [5.41, 5.74) is 0. The van der Waals surface area contributed by atoms with E-state index in [0.717, 1.165) is 16.8 Å². The van der Waals surface area contributed by atoms with Crippen LogP contribution in [0, 0.1) is 5.92 Å². The lowest BCUT2D eigenvalue weighted by Crippen LogP contribution is -2.37. The van der Waals surface area contributed by atoms with Gasteiger partial charge in [-0.3, -0.25) is 0 Å². The van der Waals surface area contributed by atoms with Crippen molar-refractivity contribution in [2.75, 3.05) is 11.4 Å². The lowest BCUT2D eigenvalue weighted by Gasteiger charge is -2.32. The maximum Gasteiger partial charge on any atom is 0.143 e. The van der Waals surface area contributed by atoms with Gasteiger partial charge in [0.05, 0.1) is 9.50 Å². The first kappa shape index (κ1) is 14.1. The van der Waals surface area contributed by atoms with Gasteiger partial charge in [0, 0.05) is 18.8 Å². The first-order valence-corrected chi connectivity index (χ1v) is 7.82. The Balaban J connectivity index is 2.26. The molecule has 0 amide bonds. The zero-order valence-corrected chi connectivity index (χ0v) is 13.3. The minimum atomic E-state index is 0.634. The molecule has 4 heteroatoms. The normalized spacial score (nSPS) is 16.5. The standard InChI is InChI=1S/C14H20BrClN2/c1-10(2)9-18(12-5-3-4-6-12)14-13(15)7-11(16)8-17-14/h7-8,10,12H,3-6,9H2,1-2H3. The number of rotatable bonds is 4. The Bertz CT molecular complexity index is 403. The molecule has 1 aliphatic carbocycles. The Kier molecular flexibility index (Phi) is 4.91. The molecule has 0 spiro atoms. The highest BCUT2D eigenvalue weighted by Gasteiger charge is 2.25. The largest absolute Gasteiger partial charge is 0.352 e. The van der Waals surface area contributed by atoms with E-state index in [1.54, 1.807) is 6.20 Å². The van der Waals surface area contributed by atoms with Crippen LogP contribution in [0.4, 0.5) is 5.82 Å². The molecule has 1 saturated carbocycles. The lowest BCUT2D eigenvalue weighted by atomic mass is 10.1. The van der Waals surface area contributed by atoms with Crippen molar-refractivity contribution in [2.45, 2.75) is 45.6 Å². The van der Waals surface area contributed by atoms with Crippen LogP contribution in [-0.4, -0.2) is 17.6 Å². The van der Waals surface area contributed by atoms with Crippen LogP contribution < -0.4 is 4.90 Å². The molecule has 0 saturated heterocycles. The Hall–Kier alpha value is -0.280. The predicted molar refractivity (Wildman–Crippen MR) is 81.4 cm³/mol. The van der Waals surface area contributed by atoms with Crippen molar-refractivity contribution >= 4 is 33.3 Å². The van der Waals surface area contributed by atoms with Gasteiger partial charge in [0.25, 0.3) is 0 Å². The molecule has 1 aliphatic rings. The van der Waals surface area contributed by atoms with E-state index >= 15 is 0 Å². The van der Waals surface area contributed by atoms with Crippen LogP contribution >= 0.6 is 27.5 Å². The number of anilines is 1. The molecule has 1 aromatic heterocycles. The Morgan fingerprint density at radius 1 is 1.44 bits per heavy atom. The van der Waals surface area contributed by atoms with Crippen LogP contribution in [0.15, 0.2) is 16.7 Å². The van der Waals surface area contributed by atoms with E-state index in [-0.39, 0.29) is 0 Å². The summed E-state index contributed by atoms with van der Waals surface area (Å²) < 4.78 is 1.00. The number of halogens is 2. The van der Waals surface area contributed by atoms with Crippen molar-refractivity contribution in [3.63, 3.8) is 0 Å². The van der Waals surface area contributed by atoms with Gasteiger partial charge >= 0.3 is 0 Å². The number of hydrogen-bond acceptors (Lipinski definition) is 2. The third-order valence-electron chi connectivity index (χ3n) is 3.39. The summed E-state index contributed by atoms with van der Waals surface area (Å²) >= 11 is 9.57. The van der Waals surface area contributed by atoms with Gasteiger partial charge in [0.2, 0.25) is 0 Å². The molecule has 18 heavy (non-hydrogen) atoms. The maximum atomic E-state index is 5.98. The summed E-state index contributed by atoms with van der Waals surface area (Å²) in [4.78, 5) is 6.98. The van der Waals surface area contributed by atoms with Crippen LogP contribution in [0.2, 0.25) is 5.02 Å². The van der Waals surface area contributed by atoms with E-state index in [4.69, 9.17) is 11.6 Å². The summed E-state index contributed by atoms with van der Waals surface area (Å²) in [6.45, 7) is 5.56. The van der Waals surface area contributed by atoms with Gasteiger partial charge in [-0.1, -0.05) is 38.3 Å². The highest BCUT2D eigenvalue weighted by atomic mass is 79.9. The van der Waals surface area contributed by atoms with Crippen molar-refractivity contribution in [3.05, 3.63) is 21.8 Å². The van der Waals surface area contributed by atoms with E-state index in [1.165, 1.54) is 25.7 Å². The first-order chi connectivity index (χ1) is 8.58. The number of pyridine rings is 1. The molecule has 0 unspecified atom stereocenters. The van der Waals surface area contributed by atoms with E-state index in [0.29, 0.717) is 17.0 Å². The van der Waals surface area contributed by atoms with E-state index < -0.39 is 0 Å². The van der Waals surface area contributed by atoms with Gasteiger partial charge in [-0.2, -0.15) is 0 Å². The minimum absolute atomic E-state index is 0.634. The summed E-state index contributed by atoms with van der Waals surface area (Å²) in [5, 5.41) is 0.682. The van der Waals surface area contributed by atoms with Gasteiger partial charge in [-0.25, -0.2) is 4.98 Å². The molecule has 0 aliphatic heterocycles. The zero-order chi connectivity index (χ0) is 13.1. The quantitative estimate of drug-likeness (QED) is 0.780. The van der Waals surface area contributed by atoms with Crippen molar-refractivity contribution in [1.29, 1.82) is 0 Å². The van der Waals surface area contributed by atoms with Crippen LogP contribution in [0.1, 0.15) is 39.5 Å². The molecule has 0 bridgehead atoms. The lowest BCUT2D eigenvalue weighted by molar-refractivity contribution is 0.530. The molecule has 2 rings (SSSR count). The molecule has 0 aromatic carbocycles. The number of nitrogens with zero attached hydrogens (tertiary/aromatic N) is 2. The van der Waals surface area contributed by atoms with Crippen molar-refractivity contribution in [3.8, 4) is 0 Å². The molecule has 100 valence electrons. The monoisotopic (exact) mass is 330 g/mol. The third kappa shape index (κ3) is 3.39. The van der Waals surface area contributed by atoms with Gasteiger partial charge < -0.3 is 4.90 Å². The molecule has 1 fully saturated rings. The second kappa shape index (κ2) is 6.25. The smallest absolute Gasteiger partial charge is 0.143 e. The average Bonchev–Trinajstić information content (AvgIpc) is 2.79. The number of hydrogen-bond donors (Lipinski definition) is 0. The van der Waals surface area contributed by atoms with Crippen LogP contribution in [0.5, 0.6) is 0 Å². The highest BCUT2D eigenvalue weighted by molar-refractivity contribution is 9.10. The van der Waals surface area contributed by atoms with Crippen LogP contribution in [0.3, 0.4) is 0 Å². The predicted octanol–water partition coefficient (Wildman–Crippen LogP) is 4.90. The zero-order valence-electron chi connectivity index (χ0n) is 11.0. The molecule has 0 N–H and O–H groups in total. The minimum Gasteiger partial charge on any atom is -0.352 e. The Morgan fingerprint density at radius 3 is 2.67 bits per heavy atom. The van der Waals surface area contributed by atoms with Crippen molar-refractivity contribution in [2.24, 2.45) is 5.92 Å². The SMILES string of the molecule is CC(C)CN(c1ncc(Cl)cc1Br)C1CCCC1. The molecule has 1 heterocycles. The summed E-state index contributed by atoms with van der Waals surface area (Å²) in [7, 11) is 0. The second-order valence-corrected chi connectivity index (χ2v) is 6.73. The average molecular weight is 332 g/mol. The van der Waals surface area contributed by atoms with Crippen molar-refractivity contribution < 1.29 is 0 Å². The van der Waals surface area contributed by atoms with Gasteiger partial charge in [0.1, 0.15) is 5.82 Å². The second-order valence-electron chi connectivity index (χ2n) is 5.44. The molecule has 2 nitrogen and oxygen atoms in total. The maximum absolute atomic E-state index is 5.98. The van der Waals surface area contributed by atoms with Gasteiger partial charge in [-0.15, -0.1) is 0 Å². The van der Waals surface area contributed by atoms with E-state index in [1.807, 2.05) is 6.07 Å².